The van der Waals surface area contributed by atoms with E-state index >= 15 is 0 Å². The lowest BCUT2D eigenvalue weighted by Crippen LogP contribution is -2.33. The number of amides is 1. The van der Waals surface area contributed by atoms with E-state index in [2.05, 4.69) is 5.32 Å². The molecule has 0 unspecified atom stereocenters. The van der Waals surface area contributed by atoms with E-state index in [1.165, 1.54) is 0 Å². The van der Waals surface area contributed by atoms with Gasteiger partial charge in [-0.3, -0.25) is 4.79 Å². The summed E-state index contributed by atoms with van der Waals surface area (Å²) in [5, 5.41) is 3.41. The zero-order chi connectivity index (χ0) is 21.1. The molecule has 0 bridgehead atoms. The van der Waals surface area contributed by atoms with Crippen molar-refractivity contribution in [3.8, 4) is 5.75 Å². The molecular formula is C21H27NO6. The predicted molar refractivity (Wildman–Crippen MR) is 106 cm³/mol. The van der Waals surface area contributed by atoms with Crippen LogP contribution < -0.4 is 15.7 Å². The Kier molecular flexibility index (Phi) is 6.48. The number of esters is 1. The van der Waals surface area contributed by atoms with Gasteiger partial charge in [0, 0.05) is 29.5 Å². The van der Waals surface area contributed by atoms with E-state index in [0.717, 1.165) is 10.9 Å². The van der Waals surface area contributed by atoms with Crippen molar-refractivity contribution in [2.75, 3.05) is 6.54 Å². The minimum absolute atomic E-state index is 0.129. The van der Waals surface area contributed by atoms with Crippen molar-refractivity contribution in [2.45, 2.75) is 60.0 Å². The normalized spacial score (nSPS) is 11.4. The Morgan fingerprint density at radius 2 is 1.75 bits per heavy atom. The van der Waals surface area contributed by atoms with Crippen LogP contribution in [0, 0.1) is 20.8 Å². The molecule has 1 N–H and O–H groups in total. The first-order valence-electron chi connectivity index (χ1n) is 9.20. The van der Waals surface area contributed by atoms with E-state index in [1.807, 2.05) is 6.92 Å². The number of nitrogens with one attached hydrogen (secondary N) is 1. The Labute approximate surface area is 164 Å². The lowest BCUT2D eigenvalue weighted by Gasteiger charge is -2.19. The lowest BCUT2D eigenvalue weighted by molar-refractivity contribution is -0.134. The zero-order valence-corrected chi connectivity index (χ0v) is 17.2. The highest BCUT2D eigenvalue weighted by atomic mass is 16.6. The maximum Gasteiger partial charge on any atom is 0.407 e. The van der Waals surface area contributed by atoms with Crippen LogP contribution >= 0.6 is 0 Å². The van der Waals surface area contributed by atoms with Gasteiger partial charge in [-0.15, -0.1) is 0 Å². The quantitative estimate of drug-likeness (QED) is 0.360. The van der Waals surface area contributed by atoms with E-state index < -0.39 is 23.3 Å². The number of carbonyl (C=O) groups excluding carboxylic acids is 2. The van der Waals surface area contributed by atoms with Gasteiger partial charge in [-0.25, -0.2) is 9.59 Å². The standard InChI is InChI=1S/C21H27NO6/c1-12-13(2)19(24)27-18-14(3)16(10-9-15(12)18)26-17(23)8-7-11-22-20(25)28-21(4,5)6/h9-10H,7-8,11H2,1-6H3,(H,22,25). The summed E-state index contributed by atoms with van der Waals surface area (Å²) in [6, 6.07) is 3.47. The third-order valence-corrected chi connectivity index (χ3v) is 4.27. The summed E-state index contributed by atoms with van der Waals surface area (Å²) >= 11 is 0. The summed E-state index contributed by atoms with van der Waals surface area (Å²) in [5.74, 6) is -0.0800. The molecule has 2 aromatic rings. The number of hydrogen-bond donors (Lipinski definition) is 1. The highest BCUT2D eigenvalue weighted by molar-refractivity contribution is 5.86. The van der Waals surface area contributed by atoms with E-state index in [-0.39, 0.29) is 6.42 Å². The highest BCUT2D eigenvalue weighted by Crippen LogP contribution is 2.29. The highest BCUT2D eigenvalue weighted by Gasteiger charge is 2.17. The largest absolute Gasteiger partial charge is 0.444 e. The zero-order valence-electron chi connectivity index (χ0n) is 17.2. The molecule has 1 aromatic carbocycles. The van der Waals surface area contributed by atoms with Crippen LogP contribution in [0.4, 0.5) is 4.79 Å². The molecule has 1 amide bonds. The molecule has 1 heterocycles. The molecule has 0 aliphatic carbocycles. The van der Waals surface area contributed by atoms with Gasteiger partial charge in [0.15, 0.2) is 0 Å². The first kappa shape index (κ1) is 21.5. The molecule has 152 valence electrons. The second-order valence-corrected chi connectivity index (χ2v) is 7.71. The number of benzene rings is 1. The molecule has 0 saturated carbocycles. The Balaban J connectivity index is 1.96. The van der Waals surface area contributed by atoms with Gasteiger partial charge in [0.05, 0.1) is 0 Å². The average molecular weight is 389 g/mol. The molecule has 0 spiro atoms. The molecule has 0 aliphatic heterocycles. The van der Waals surface area contributed by atoms with Crippen LogP contribution in [0.15, 0.2) is 21.3 Å². The number of carbonyl (C=O) groups is 2. The van der Waals surface area contributed by atoms with Crippen LogP contribution in [0.5, 0.6) is 5.75 Å². The van der Waals surface area contributed by atoms with Crippen molar-refractivity contribution >= 4 is 23.0 Å². The Bertz CT molecular complexity index is 952. The monoisotopic (exact) mass is 389 g/mol. The van der Waals surface area contributed by atoms with Crippen LogP contribution in [0.25, 0.3) is 11.0 Å². The van der Waals surface area contributed by atoms with Crippen molar-refractivity contribution in [1.29, 1.82) is 0 Å². The first-order valence-corrected chi connectivity index (χ1v) is 9.20. The van der Waals surface area contributed by atoms with E-state index in [4.69, 9.17) is 13.9 Å². The molecule has 7 heteroatoms. The minimum atomic E-state index is -0.567. The summed E-state index contributed by atoms with van der Waals surface area (Å²) in [6.07, 6.45) is 0.0225. The Hall–Kier alpha value is -2.83. The maximum atomic E-state index is 12.1. The number of fused-ring (bicyclic) bond motifs is 1. The van der Waals surface area contributed by atoms with Gasteiger partial charge < -0.3 is 19.2 Å². The number of hydrogen-bond acceptors (Lipinski definition) is 6. The Morgan fingerprint density at radius 1 is 1.07 bits per heavy atom. The van der Waals surface area contributed by atoms with Gasteiger partial charge in [0.25, 0.3) is 0 Å². The summed E-state index contributed by atoms with van der Waals surface area (Å²) in [4.78, 5) is 35.6. The third kappa shape index (κ3) is 5.34. The van der Waals surface area contributed by atoms with Crippen LogP contribution in [-0.4, -0.2) is 24.2 Å². The average Bonchev–Trinajstić information content (AvgIpc) is 2.58. The minimum Gasteiger partial charge on any atom is -0.444 e. The van der Waals surface area contributed by atoms with Gasteiger partial charge in [-0.1, -0.05) is 0 Å². The molecular weight excluding hydrogens is 362 g/mol. The molecule has 0 radical (unpaired) electrons. The van der Waals surface area contributed by atoms with Crippen LogP contribution in [0.2, 0.25) is 0 Å². The number of ether oxygens (including phenoxy) is 2. The van der Waals surface area contributed by atoms with Crippen molar-refractivity contribution < 1.29 is 23.5 Å². The molecule has 28 heavy (non-hydrogen) atoms. The second kappa shape index (κ2) is 8.46. The van der Waals surface area contributed by atoms with Crippen LogP contribution in [-0.2, 0) is 9.53 Å². The van der Waals surface area contributed by atoms with Gasteiger partial charge in [-0.2, -0.15) is 0 Å². The third-order valence-electron chi connectivity index (χ3n) is 4.27. The van der Waals surface area contributed by atoms with Gasteiger partial charge in [0.2, 0.25) is 0 Å². The molecule has 0 aliphatic rings. The fraction of sp³-hybridized carbons (Fsp3) is 0.476. The number of alkyl carbamates (subject to hydrolysis) is 1. The molecule has 0 atom stereocenters. The van der Waals surface area contributed by atoms with Gasteiger partial charge in [0.1, 0.15) is 16.9 Å². The summed E-state index contributed by atoms with van der Waals surface area (Å²) in [7, 11) is 0. The van der Waals surface area contributed by atoms with Gasteiger partial charge >= 0.3 is 17.7 Å². The molecule has 7 nitrogen and oxygen atoms in total. The van der Waals surface area contributed by atoms with Crippen LogP contribution in [0.1, 0.15) is 50.3 Å². The Morgan fingerprint density at radius 3 is 2.39 bits per heavy atom. The fourth-order valence-electron chi connectivity index (χ4n) is 2.65. The summed E-state index contributed by atoms with van der Waals surface area (Å²) < 4.78 is 15.9. The lowest BCUT2D eigenvalue weighted by atomic mass is 10.0. The SMILES string of the molecule is Cc1c(C)c2ccc(OC(=O)CCCNC(=O)OC(C)(C)C)c(C)c2oc1=O. The summed E-state index contributed by atoms with van der Waals surface area (Å²) in [6.45, 7) is 11.0. The van der Waals surface area contributed by atoms with E-state index in [0.29, 0.717) is 35.4 Å². The molecule has 0 saturated heterocycles. The predicted octanol–water partition coefficient (Wildman–Crippen LogP) is 3.93. The van der Waals surface area contributed by atoms with Crippen molar-refractivity contribution in [3.05, 3.63) is 39.2 Å². The number of rotatable bonds is 5. The fourth-order valence-corrected chi connectivity index (χ4v) is 2.65. The van der Waals surface area contributed by atoms with E-state index in [9.17, 15) is 14.4 Å². The maximum absolute atomic E-state index is 12.1. The molecule has 0 fully saturated rings. The second-order valence-electron chi connectivity index (χ2n) is 7.71. The number of aryl methyl sites for hydroxylation is 2. The van der Waals surface area contributed by atoms with Crippen molar-refractivity contribution in [2.24, 2.45) is 0 Å². The molecule has 2 rings (SSSR count). The van der Waals surface area contributed by atoms with Crippen LogP contribution in [0.3, 0.4) is 0 Å². The smallest absolute Gasteiger partial charge is 0.407 e. The first-order chi connectivity index (χ1) is 13.0. The van der Waals surface area contributed by atoms with Gasteiger partial charge in [-0.05, 0) is 65.7 Å². The van der Waals surface area contributed by atoms with E-state index in [1.54, 1.807) is 46.8 Å². The topological polar surface area (TPSA) is 94.8 Å². The summed E-state index contributed by atoms with van der Waals surface area (Å²) in [5.41, 5.74) is 1.46. The van der Waals surface area contributed by atoms with Crippen molar-refractivity contribution in [1.82, 2.24) is 5.32 Å². The van der Waals surface area contributed by atoms with Crippen molar-refractivity contribution in [3.63, 3.8) is 0 Å². The molecule has 1 aromatic heterocycles.